The summed E-state index contributed by atoms with van der Waals surface area (Å²) in [5, 5.41) is 9.38. The highest BCUT2D eigenvalue weighted by Crippen LogP contribution is 2.22. The fraction of sp³-hybridized carbons (Fsp3) is 0.667. The zero-order chi connectivity index (χ0) is 16.1. The van der Waals surface area contributed by atoms with Crippen molar-refractivity contribution in [3.63, 3.8) is 0 Å². The van der Waals surface area contributed by atoms with E-state index in [0.29, 0.717) is 12.1 Å². The fourth-order valence-corrected chi connectivity index (χ4v) is 3.29. The highest BCUT2D eigenvalue weighted by Gasteiger charge is 2.27. The summed E-state index contributed by atoms with van der Waals surface area (Å²) >= 11 is 0. The van der Waals surface area contributed by atoms with Crippen molar-refractivity contribution in [2.45, 2.75) is 45.8 Å². The van der Waals surface area contributed by atoms with Gasteiger partial charge in [0.05, 0.1) is 7.11 Å². The van der Waals surface area contributed by atoms with Crippen molar-refractivity contribution >= 4 is 0 Å². The molecule has 1 saturated heterocycles. The Labute approximate surface area is 134 Å². The Morgan fingerprint density at radius 1 is 1.32 bits per heavy atom. The molecule has 0 bridgehead atoms. The van der Waals surface area contributed by atoms with E-state index in [1.807, 2.05) is 0 Å². The summed E-state index contributed by atoms with van der Waals surface area (Å²) in [6.45, 7) is 11.0. The second-order valence-corrected chi connectivity index (χ2v) is 6.53. The van der Waals surface area contributed by atoms with E-state index < -0.39 is 0 Å². The molecule has 2 rings (SSSR count). The molecule has 1 heterocycles. The molecule has 0 amide bonds. The first-order valence-corrected chi connectivity index (χ1v) is 8.27. The number of benzene rings is 1. The van der Waals surface area contributed by atoms with Crippen molar-refractivity contribution < 1.29 is 9.84 Å². The standard InChI is InChI=1S/C18H30N2O2/c1-14(2)19-8-9-20(17(13-19)7-10-21)12-16-5-6-18(22-4)15(3)11-16/h5-6,11,14,17,21H,7-10,12-13H2,1-4H3. The zero-order valence-corrected chi connectivity index (χ0v) is 14.4. The van der Waals surface area contributed by atoms with Crippen LogP contribution in [0, 0.1) is 6.92 Å². The molecule has 1 aliphatic rings. The van der Waals surface area contributed by atoms with Gasteiger partial charge in [-0.05, 0) is 44.4 Å². The summed E-state index contributed by atoms with van der Waals surface area (Å²) < 4.78 is 5.34. The average Bonchev–Trinajstić information content (AvgIpc) is 2.49. The van der Waals surface area contributed by atoms with Crippen molar-refractivity contribution in [2.75, 3.05) is 33.4 Å². The Bertz CT molecular complexity index is 476. The lowest BCUT2D eigenvalue weighted by molar-refractivity contribution is 0.0389. The van der Waals surface area contributed by atoms with Gasteiger partial charge in [0, 0.05) is 44.9 Å². The molecule has 1 unspecified atom stereocenters. The summed E-state index contributed by atoms with van der Waals surface area (Å²) in [6, 6.07) is 7.42. The molecule has 22 heavy (non-hydrogen) atoms. The highest BCUT2D eigenvalue weighted by atomic mass is 16.5. The Hall–Kier alpha value is -1.10. The number of methoxy groups -OCH3 is 1. The Kier molecular flexibility index (Phi) is 6.24. The number of hydrogen-bond acceptors (Lipinski definition) is 4. The molecule has 1 aliphatic heterocycles. The zero-order valence-electron chi connectivity index (χ0n) is 14.4. The van der Waals surface area contributed by atoms with Crippen LogP contribution in [-0.4, -0.2) is 60.3 Å². The van der Waals surface area contributed by atoms with Crippen molar-refractivity contribution in [1.82, 2.24) is 9.80 Å². The fourth-order valence-electron chi connectivity index (χ4n) is 3.29. The average molecular weight is 306 g/mol. The second kappa shape index (κ2) is 7.95. The molecular formula is C18H30N2O2. The molecular weight excluding hydrogens is 276 g/mol. The third-order valence-corrected chi connectivity index (χ3v) is 4.67. The predicted octanol–water partition coefficient (Wildman–Crippen LogP) is 2.28. The van der Waals surface area contributed by atoms with Crippen molar-refractivity contribution in [3.8, 4) is 5.75 Å². The van der Waals surface area contributed by atoms with Crippen LogP contribution < -0.4 is 4.74 Å². The number of aryl methyl sites for hydroxylation is 1. The van der Waals surface area contributed by atoms with Crippen LogP contribution in [0.2, 0.25) is 0 Å². The monoisotopic (exact) mass is 306 g/mol. The molecule has 1 N–H and O–H groups in total. The normalized spacial score (nSPS) is 20.5. The van der Waals surface area contributed by atoms with E-state index in [2.05, 4.69) is 48.8 Å². The molecule has 1 atom stereocenters. The number of nitrogens with zero attached hydrogens (tertiary/aromatic N) is 2. The lowest BCUT2D eigenvalue weighted by Crippen LogP contribution is -2.54. The number of aliphatic hydroxyl groups is 1. The van der Waals surface area contributed by atoms with Gasteiger partial charge in [-0.2, -0.15) is 0 Å². The van der Waals surface area contributed by atoms with Crippen LogP contribution in [0.4, 0.5) is 0 Å². The van der Waals surface area contributed by atoms with Crippen LogP contribution in [0.3, 0.4) is 0 Å². The lowest BCUT2D eigenvalue weighted by Gasteiger charge is -2.43. The smallest absolute Gasteiger partial charge is 0.121 e. The first-order valence-electron chi connectivity index (χ1n) is 8.27. The first-order chi connectivity index (χ1) is 10.5. The predicted molar refractivity (Wildman–Crippen MR) is 90.3 cm³/mol. The van der Waals surface area contributed by atoms with Gasteiger partial charge in [0.1, 0.15) is 5.75 Å². The van der Waals surface area contributed by atoms with E-state index in [4.69, 9.17) is 4.74 Å². The second-order valence-electron chi connectivity index (χ2n) is 6.53. The van der Waals surface area contributed by atoms with Crippen LogP contribution in [0.5, 0.6) is 5.75 Å². The van der Waals surface area contributed by atoms with Gasteiger partial charge < -0.3 is 9.84 Å². The molecule has 0 spiro atoms. The third kappa shape index (κ3) is 4.22. The van der Waals surface area contributed by atoms with Crippen LogP contribution >= 0.6 is 0 Å². The first kappa shape index (κ1) is 17.3. The maximum atomic E-state index is 9.38. The number of piperazine rings is 1. The molecule has 1 aromatic carbocycles. The summed E-state index contributed by atoms with van der Waals surface area (Å²) in [4.78, 5) is 5.02. The number of aliphatic hydroxyl groups excluding tert-OH is 1. The van der Waals surface area contributed by atoms with E-state index in [1.54, 1.807) is 7.11 Å². The maximum absolute atomic E-state index is 9.38. The van der Waals surface area contributed by atoms with Gasteiger partial charge in [0.25, 0.3) is 0 Å². The van der Waals surface area contributed by atoms with E-state index in [1.165, 1.54) is 11.1 Å². The highest BCUT2D eigenvalue weighted by molar-refractivity contribution is 5.36. The minimum absolute atomic E-state index is 0.259. The molecule has 0 radical (unpaired) electrons. The topological polar surface area (TPSA) is 35.9 Å². The van der Waals surface area contributed by atoms with Gasteiger partial charge in [-0.15, -0.1) is 0 Å². The maximum Gasteiger partial charge on any atom is 0.121 e. The minimum atomic E-state index is 0.259. The summed E-state index contributed by atoms with van der Waals surface area (Å²) in [5.41, 5.74) is 2.50. The van der Waals surface area contributed by atoms with Crippen molar-refractivity contribution in [2.24, 2.45) is 0 Å². The van der Waals surface area contributed by atoms with E-state index >= 15 is 0 Å². The summed E-state index contributed by atoms with van der Waals surface area (Å²) in [6.07, 6.45) is 0.846. The van der Waals surface area contributed by atoms with Gasteiger partial charge >= 0.3 is 0 Å². The van der Waals surface area contributed by atoms with E-state index in [-0.39, 0.29) is 6.61 Å². The van der Waals surface area contributed by atoms with Crippen LogP contribution in [0.15, 0.2) is 18.2 Å². The van der Waals surface area contributed by atoms with Crippen LogP contribution in [0.25, 0.3) is 0 Å². The number of ether oxygens (including phenoxy) is 1. The molecule has 1 aromatic rings. The summed E-state index contributed by atoms with van der Waals surface area (Å²) in [7, 11) is 1.71. The molecule has 4 nitrogen and oxygen atoms in total. The minimum Gasteiger partial charge on any atom is -0.496 e. The molecule has 124 valence electrons. The molecule has 1 fully saturated rings. The van der Waals surface area contributed by atoms with Gasteiger partial charge in [-0.3, -0.25) is 9.80 Å². The number of hydrogen-bond donors (Lipinski definition) is 1. The van der Waals surface area contributed by atoms with Gasteiger partial charge in [0.2, 0.25) is 0 Å². The molecule has 0 aromatic heterocycles. The van der Waals surface area contributed by atoms with Crippen LogP contribution in [0.1, 0.15) is 31.4 Å². The summed E-state index contributed by atoms with van der Waals surface area (Å²) in [5.74, 6) is 0.945. The number of rotatable bonds is 6. The molecule has 0 saturated carbocycles. The lowest BCUT2D eigenvalue weighted by atomic mass is 10.0. The van der Waals surface area contributed by atoms with Crippen molar-refractivity contribution in [3.05, 3.63) is 29.3 Å². The van der Waals surface area contributed by atoms with Crippen molar-refractivity contribution in [1.29, 1.82) is 0 Å². The SMILES string of the molecule is COc1ccc(CN2CCN(C(C)C)CC2CCO)cc1C. The van der Waals surface area contributed by atoms with Gasteiger partial charge in [-0.25, -0.2) is 0 Å². The third-order valence-electron chi connectivity index (χ3n) is 4.67. The van der Waals surface area contributed by atoms with E-state index in [9.17, 15) is 5.11 Å². The molecule has 4 heteroatoms. The quantitative estimate of drug-likeness (QED) is 0.875. The van der Waals surface area contributed by atoms with Gasteiger partial charge in [-0.1, -0.05) is 12.1 Å². The Balaban J connectivity index is 2.05. The Morgan fingerprint density at radius 3 is 2.68 bits per heavy atom. The Morgan fingerprint density at radius 2 is 2.09 bits per heavy atom. The molecule has 0 aliphatic carbocycles. The van der Waals surface area contributed by atoms with Gasteiger partial charge in [0.15, 0.2) is 0 Å². The largest absolute Gasteiger partial charge is 0.496 e. The van der Waals surface area contributed by atoms with Crippen LogP contribution in [-0.2, 0) is 6.54 Å². The van der Waals surface area contributed by atoms with E-state index in [0.717, 1.165) is 38.3 Å².